The molecule has 3 saturated heterocycles. The Balaban J connectivity index is 1.05. The van der Waals surface area contributed by atoms with E-state index >= 15 is 0 Å². The highest BCUT2D eigenvalue weighted by atomic mass is 16.7. The van der Waals surface area contributed by atoms with Gasteiger partial charge < -0.3 is 44.5 Å². The van der Waals surface area contributed by atoms with Gasteiger partial charge in [0.2, 0.25) is 0 Å². The van der Waals surface area contributed by atoms with Gasteiger partial charge in [-0.05, 0) is 86.4 Å². The first-order valence-electron chi connectivity index (χ1n) is 16.9. The number of ether oxygens (including phenoxy) is 4. The normalized spacial score (nSPS) is 60.9. The van der Waals surface area contributed by atoms with Crippen LogP contribution >= 0.6 is 0 Å². The summed E-state index contributed by atoms with van der Waals surface area (Å²) in [6, 6.07) is 0. The lowest BCUT2D eigenvalue weighted by Crippen LogP contribution is -2.61. The Bertz CT molecular complexity index is 1000. The molecule has 4 saturated carbocycles. The number of aliphatic hydroxyl groups excluding tert-OH is 5. The van der Waals surface area contributed by atoms with Crippen molar-refractivity contribution in [1.29, 1.82) is 0 Å². The summed E-state index contributed by atoms with van der Waals surface area (Å²) in [6.07, 6.45) is 2.30. The smallest absolute Gasteiger partial charge is 0.186 e. The van der Waals surface area contributed by atoms with Crippen LogP contribution < -0.4 is 0 Å². The van der Waals surface area contributed by atoms with Crippen LogP contribution in [0.2, 0.25) is 0 Å². The van der Waals surface area contributed by atoms with Crippen molar-refractivity contribution < 1.29 is 44.5 Å². The Hall–Kier alpha value is -0.360. The zero-order valence-corrected chi connectivity index (χ0v) is 25.8. The molecule has 240 valence electrons. The Kier molecular flexibility index (Phi) is 7.64. The van der Waals surface area contributed by atoms with Crippen LogP contribution in [-0.2, 0) is 18.9 Å². The van der Waals surface area contributed by atoms with Gasteiger partial charge in [0, 0.05) is 23.7 Å². The maximum Gasteiger partial charge on any atom is 0.186 e. The fourth-order valence-electron chi connectivity index (χ4n) is 11.7. The van der Waals surface area contributed by atoms with Gasteiger partial charge in [-0.3, -0.25) is 0 Å². The van der Waals surface area contributed by atoms with Gasteiger partial charge in [0.1, 0.15) is 24.4 Å². The van der Waals surface area contributed by atoms with E-state index in [4.69, 9.17) is 18.9 Å². The van der Waals surface area contributed by atoms with E-state index in [0.29, 0.717) is 35.5 Å². The van der Waals surface area contributed by atoms with E-state index in [9.17, 15) is 25.5 Å². The molecule has 42 heavy (non-hydrogen) atoms. The van der Waals surface area contributed by atoms with E-state index in [1.807, 2.05) is 0 Å². The van der Waals surface area contributed by atoms with Crippen LogP contribution in [0.15, 0.2) is 0 Å². The van der Waals surface area contributed by atoms with Crippen molar-refractivity contribution >= 4 is 0 Å². The minimum Gasteiger partial charge on any atom is -0.394 e. The molecule has 0 aromatic heterocycles. The second-order valence-electron chi connectivity index (χ2n) is 16.0. The van der Waals surface area contributed by atoms with E-state index in [2.05, 4.69) is 27.7 Å². The molecule has 7 aliphatic rings. The molecule has 0 aromatic carbocycles. The molecular weight excluding hydrogens is 540 g/mol. The van der Waals surface area contributed by atoms with E-state index in [0.717, 1.165) is 64.4 Å². The summed E-state index contributed by atoms with van der Waals surface area (Å²) in [6.45, 7) is 9.68. The topological polar surface area (TPSA) is 138 Å². The summed E-state index contributed by atoms with van der Waals surface area (Å²) in [5.41, 5.74) is -0.0533. The summed E-state index contributed by atoms with van der Waals surface area (Å²) in [5.74, 6) is 2.61. The third-order valence-electron chi connectivity index (χ3n) is 14.2. The summed E-state index contributed by atoms with van der Waals surface area (Å²) in [7, 11) is 0. The molecule has 6 unspecified atom stereocenters. The zero-order chi connectivity index (χ0) is 29.8. The molecule has 3 aliphatic heterocycles. The number of hydrogen-bond acceptors (Lipinski definition) is 9. The molecule has 4 aliphatic carbocycles. The molecule has 18 atom stereocenters. The average molecular weight is 595 g/mol. The van der Waals surface area contributed by atoms with Gasteiger partial charge in [-0.2, -0.15) is 0 Å². The Morgan fingerprint density at radius 2 is 1.64 bits per heavy atom. The molecule has 3 heterocycles. The Labute approximate surface area is 250 Å². The summed E-state index contributed by atoms with van der Waals surface area (Å²) < 4.78 is 25.2. The monoisotopic (exact) mass is 594 g/mol. The van der Waals surface area contributed by atoms with Gasteiger partial charge in [0.15, 0.2) is 12.1 Å². The lowest BCUT2D eigenvalue weighted by molar-refractivity contribution is -0.316. The molecule has 0 bridgehead atoms. The standard InChI is InChI=1S/C33H54O9/c1-16-7-10-33(39-15-16)17(2)26-23(42-33)12-22-20-6-5-18-11-19(40-30-29(38)28(37)27(36)24(14-34)41-30)8-9-31(18,3)21(20)13-25(35)32(22,26)4/h16-30,34-38H,5-15H2,1-4H3/t16-,17?,18+,19+,20?,21?,22?,23?,24-,25-,26?,27+,28+,29-,30-,31+,32-,33-/m1/s1. The van der Waals surface area contributed by atoms with E-state index in [-0.39, 0.29) is 35.1 Å². The van der Waals surface area contributed by atoms with E-state index in [1.54, 1.807) is 0 Å². The van der Waals surface area contributed by atoms with Crippen molar-refractivity contribution in [2.75, 3.05) is 13.2 Å². The quantitative estimate of drug-likeness (QED) is 0.312. The molecule has 9 nitrogen and oxygen atoms in total. The van der Waals surface area contributed by atoms with Crippen LogP contribution in [0.5, 0.6) is 0 Å². The predicted molar refractivity (Wildman–Crippen MR) is 152 cm³/mol. The highest BCUT2D eigenvalue weighted by Crippen LogP contribution is 2.71. The van der Waals surface area contributed by atoms with Crippen LogP contribution in [-0.4, -0.2) is 93.6 Å². The molecule has 1 spiro atoms. The van der Waals surface area contributed by atoms with Gasteiger partial charge in [-0.15, -0.1) is 0 Å². The first-order chi connectivity index (χ1) is 19.9. The molecule has 0 amide bonds. The van der Waals surface area contributed by atoms with Crippen LogP contribution in [0.4, 0.5) is 0 Å². The van der Waals surface area contributed by atoms with Crippen molar-refractivity contribution in [3.8, 4) is 0 Å². The molecular formula is C33H54O9. The van der Waals surface area contributed by atoms with E-state index < -0.39 is 43.1 Å². The maximum atomic E-state index is 12.0. The van der Waals surface area contributed by atoms with Crippen molar-refractivity contribution in [1.82, 2.24) is 0 Å². The van der Waals surface area contributed by atoms with Crippen LogP contribution in [0.25, 0.3) is 0 Å². The second kappa shape index (κ2) is 10.6. The molecule has 7 fully saturated rings. The van der Waals surface area contributed by atoms with Crippen molar-refractivity contribution in [3.63, 3.8) is 0 Å². The SMILES string of the molecule is CC1C2C(CC3C4CC[C@H]5C[C@@H](O[C@@H]6O[C@H](CO)[C@H](O)[C@H](O)[C@H]6O)CC[C@]5(C)C4C[C@@H](O)[C@@]32C)O[C@]12CC[C@@H](C)CO2. The highest BCUT2D eigenvalue weighted by molar-refractivity contribution is 5.18. The fraction of sp³-hybridized carbons (Fsp3) is 1.00. The maximum absolute atomic E-state index is 12.0. The van der Waals surface area contributed by atoms with Gasteiger partial charge in [0.05, 0.1) is 31.5 Å². The minimum atomic E-state index is -1.43. The predicted octanol–water partition coefficient (Wildman–Crippen LogP) is 2.59. The molecule has 0 aromatic rings. The lowest BCUT2D eigenvalue weighted by atomic mass is 9.43. The Morgan fingerprint density at radius 1 is 0.857 bits per heavy atom. The molecule has 9 heteroatoms. The second-order valence-corrected chi connectivity index (χ2v) is 16.0. The number of fused-ring (bicyclic) bond motifs is 7. The van der Waals surface area contributed by atoms with Crippen LogP contribution in [0.1, 0.15) is 85.5 Å². The van der Waals surface area contributed by atoms with Gasteiger partial charge in [-0.25, -0.2) is 0 Å². The third-order valence-corrected chi connectivity index (χ3v) is 14.2. The first kappa shape index (κ1) is 30.3. The van der Waals surface area contributed by atoms with Crippen LogP contribution in [0.3, 0.4) is 0 Å². The number of aliphatic hydroxyl groups is 5. The van der Waals surface area contributed by atoms with Gasteiger partial charge in [-0.1, -0.05) is 27.7 Å². The first-order valence-corrected chi connectivity index (χ1v) is 16.9. The average Bonchev–Trinajstić information content (AvgIpc) is 3.42. The van der Waals surface area contributed by atoms with Crippen molar-refractivity contribution in [2.24, 2.45) is 52.3 Å². The highest BCUT2D eigenvalue weighted by Gasteiger charge is 2.71. The largest absolute Gasteiger partial charge is 0.394 e. The molecule has 0 radical (unpaired) electrons. The van der Waals surface area contributed by atoms with Gasteiger partial charge >= 0.3 is 0 Å². The van der Waals surface area contributed by atoms with Gasteiger partial charge in [0.25, 0.3) is 0 Å². The summed E-state index contributed by atoms with van der Waals surface area (Å²) in [5, 5.41) is 52.5. The lowest BCUT2D eigenvalue weighted by Gasteiger charge is -2.62. The van der Waals surface area contributed by atoms with Crippen molar-refractivity contribution in [3.05, 3.63) is 0 Å². The van der Waals surface area contributed by atoms with Crippen molar-refractivity contribution in [2.45, 2.75) is 140 Å². The third kappa shape index (κ3) is 4.28. The summed E-state index contributed by atoms with van der Waals surface area (Å²) in [4.78, 5) is 0. The summed E-state index contributed by atoms with van der Waals surface area (Å²) >= 11 is 0. The van der Waals surface area contributed by atoms with E-state index in [1.165, 1.54) is 0 Å². The Morgan fingerprint density at radius 3 is 2.36 bits per heavy atom. The number of rotatable bonds is 3. The van der Waals surface area contributed by atoms with Crippen LogP contribution in [0, 0.1) is 52.3 Å². The molecule has 7 rings (SSSR count). The molecule has 5 N–H and O–H groups in total. The fourth-order valence-corrected chi connectivity index (χ4v) is 11.7. The minimum absolute atomic E-state index is 0.106. The zero-order valence-electron chi connectivity index (χ0n) is 25.8. The number of hydrogen-bond donors (Lipinski definition) is 5.